The molecule has 1 saturated heterocycles. The maximum atomic E-state index is 14.0. The van der Waals surface area contributed by atoms with Gasteiger partial charge in [0.2, 0.25) is 0 Å². The molecule has 0 spiro atoms. The Balaban J connectivity index is 1.13. The summed E-state index contributed by atoms with van der Waals surface area (Å²) in [5.74, 6) is 2.22. The number of hydrogen-bond acceptors (Lipinski definition) is 4. The second kappa shape index (κ2) is 8.68. The summed E-state index contributed by atoms with van der Waals surface area (Å²) in [5.41, 5.74) is -0.0730. The molecule has 6 nitrogen and oxygen atoms in total. The zero-order valence-corrected chi connectivity index (χ0v) is 21.7. The number of halogens is 4. The third-order valence-corrected chi connectivity index (χ3v) is 9.57. The molecule has 10 heteroatoms. The van der Waals surface area contributed by atoms with Gasteiger partial charge in [0.1, 0.15) is 0 Å². The highest BCUT2D eigenvalue weighted by molar-refractivity contribution is 6.30. The van der Waals surface area contributed by atoms with Crippen molar-refractivity contribution in [1.82, 2.24) is 24.4 Å². The first kappa shape index (κ1) is 24.4. The van der Waals surface area contributed by atoms with Crippen LogP contribution < -0.4 is 0 Å². The monoisotopic (exact) mass is 543 g/mol. The highest BCUT2D eigenvalue weighted by Gasteiger charge is 2.53. The number of rotatable bonds is 3. The van der Waals surface area contributed by atoms with Crippen LogP contribution in [0.2, 0.25) is 5.02 Å². The van der Waals surface area contributed by atoms with Crippen LogP contribution in [0, 0.1) is 17.8 Å². The van der Waals surface area contributed by atoms with Crippen molar-refractivity contribution in [3.63, 3.8) is 0 Å². The summed E-state index contributed by atoms with van der Waals surface area (Å²) in [6.07, 6.45) is 3.33. The minimum atomic E-state index is -4.67. The molecule has 5 aliphatic rings. The minimum absolute atomic E-state index is 0.0136. The summed E-state index contributed by atoms with van der Waals surface area (Å²) in [6.45, 7) is 2.73. The van der Waals surface area contributed by atoms with E-state index in [4.69, 9.17) is 11.6 Å². The molecule has 3 aromatic rings. The van der Waals surface area contributed by atoms with Crippen molar-refractivity contribution in [3.8, 4) is 11.3 Å². The van der Waals surface area contributed by atoms with Crippen LogP contribution in [0.5, 0.6) is 0 Å². The lowest BCUT2D eigenvalue weighted by Gasteiger charge is -2.61. The molecule has 4 aliphatic carbocycles. The normalized spacial score (nSPS) is 29.4. The number of nitrogens with zero attached hydrogens (tertiary/aromatic N) is 5. The van der Waals surface area contributed by atoms with Gasteiger partial charge in [-0.3, -0.25) is 9.69 Å². The van der Waals surface area contributed by atoms with E-state index in [-0.39, 0.29) is 28.5 Å². The number of hydrogen-bond donors (Lipinski definition) is 0. The molecule has 4 bridgehead atoms. The Labute approximate surface area is 223 Å². The van der Waals surface area contributed by atoms with Gasteiger partial charge in [0.15, 0.2) is 17.0 Å². The topological polar surface area (TPSA) is 53.7 Å². The molecule has 1 aromatic carbocycles. The smallest absolute Gasteiger partial charge is 0.335 e. The molecule has 0 unspecified atom stereocenters. The Morgan fingerprint density at radius 3 is 2.11 bits per heavy atom. The molecule has 2 aromatic heterocycles. The van der Waals surface area contributed by atoms with Crippen LogP contribution >= 0.6 is 11.6 Å². The van der Waals surface area contributed by atoms with Gasteiger partial charge < -0.3 is 4.90 Å². The summed E-state index contributed by atoms with van der Waals surface area (Å²) < 4.78 is 42.7. The van der Waals surface area contributed by atoms with Crippen LogP contribution in [0.3, 0.4) is 0 Å². The van der Waals surface area contributed by atoms with Gasteiger partial charge in [0.05, 0.1) is 5.69 Å². The lowest BCUT2D eigenvalue weighted by atomic mass is 9.52. The number of alkyl halides is 3. The number of benzene rings is 1. The molecular formula is C28H29ClF3N5O. The number of carbonyl (C=O) groups excluding carboxylic acids is 1. The summed E-state index contributed by atoms with van der Waals surface area (Å²) in [5, 5.41) is 4.56. The molecule has 1 aliphatic heterocycles. The molecular weight excluding hydrogens is 515 g/mol. The molecule has 4 saturated carbocycles. The first-order chi connectivity index (χ1) is 18.2. The first-order valence-corrected chi connectivity index (χ1v) is 13.8. The quantitative estimate of drug-likeness (QED) is 0.419. The molecule has 0 atom stereocenters. The Hall–Kier alpha value is -2.65. The third kappa shape index (κ3) is 4.09. The molecule has 5 fully saturated rings. The fourth-order valence-electron chi connectivity index (χ4n) is 8.05. The number of amides is 1. The highest BCUT2D eigenvalue weighted by atomic mass is 35.5. The minimum Gasteiger partial charge on any atom is -0.335 e. The van der Waals surface area contributed by atoms with E-state index < -0.39 is 11.9 Å². The maximum Gasteiger partial charge on any atom is 0.433 e. The number of aromatic nitrogens is 3. The summed E-state index contributed by atoms with van der Waals surface area (Å²) >= 11 is 5.94. The Morgan fingerprint density at radius 1 is 0.921 bits per heavy atom. The van der Waals surface area contributed by atoms with E-state index in [9.17, 15) is 18.0 Å². The van der Waals surface area contributed by atoms with Crippen molar-refractivity contribution >= 4 is 23.2 Å². The lowest BCUT2D eigenvalue weighted by Crippen LogP contribution is -2.64. The predicted molar refractivity (Wildman–Crippen MR) is 137 cm³/mol. The Kier molecular flexibility index (Phi) is 5.57. The molecule has 3 heterocycles. The summed E-state index contributed by atoms with van der Waals surface area (Å²) in [7, 11) is 0. The van der Waals surface area contributed by atoms with E-state index in [2.05, 4.69) is 15.0 Å². The van der Waals surface area contributed by atoms with Crippen LogP contribution in [-0.2, 0) is 6.18 Å². The third-order valence-electron chi connectivity index (χ3n) is 9.32. The molecule has 8 rings (SSSR count). The largest absolute Gasteiger partial charge is 0.433 e. The van der Waals surface area contributed by atoms with E-state index in [1.807, 2.05) is 0 Å². The van der Waals surface area contributed by atoms with Gasteiger partial charge in [-0.25, -0.2) is 9.50 Å². The van der Waals surface area contributed by atoms with Gasteiger partial charge in [-0.1, -0.05) is 23.7 Å². The zero-order valence-electron chi connectivity index (χ0n) is 20.9. The van der Waals surface area contributed by atoms with E-state index in [0.29, 0.717) is 23.7 Å². The average Bonchev–Trinajstić information content (AvgIpc) is 3.31. The van der Waals surface area contributed by atoms with Crippen molar-refractivity contribution in [1.29, 1.82) is 0 Å². The van der Waals surface area contributed by atoms with Crippen LogP contribution in [0.25, 0.3) is 16.9 Å². The number of piperazine rings is 1. The second-order valence-electron chi connectivity index (χ2n) is 11.8. The van der Waals surface area contributed by atoms with E-state index in [1.54, 1.807) is 29.2 Å². The lowest BCUT2D eigenvalue weighted by molar-refractivity contribution is -0.142. The van der Waals surface area contributed by atoms with Crippen LogP contribution in [0.4, 0.5) is 13.2 Å². The van der Waals surface area contributed by atoms with E-state index in [0.717, 1.165) is 41.4 Å². The average molecular weight is 544 g/mol. The van der Waals surface area contributed by atoms with Crippen molar-refractivity contribution < 1.29 is 18.0 Å². The van der Waals surface area contributed by atoms with Crippen LogP contribution in [-0.4, -0.2) is 62.0 Å². The summed E-state index contributed by atoms with van der Waals surface area (Å²) in [6, 6.07) is 8.76. The van der Waals surface area contributed by atoms with Crippen molar-refractivity contribution in [3.05, 3.63) is 52.8 Å². The fourth-order valence-corrected chi connectivity index (χ4v) is 8.17. The molecule has 0 N–H and O–H groups in total. The first-order valence-electron chi connectivity index (χ1n) is 13.5. The molecule has 0 radical (unpaired) electrons. The van der Waals surface area contributed by atoms with E-state index >= 15 is 0 Å². The maximum absolute atomic E-state index is 14.0. The van der Waals surface area contributed by atoms with Crippen molar-refractivity contribution in [2.24, 2.45) is 17.8 Å². The van der Waals surface area contributed by atoms with Crippen LogP contribution in [0.15, 0.2) is 36.4 Å². The summed E-state index contributed by atoms with van der Waals surface area (Å²) in [4.78, 5) is 22.1. The Morgan fingerprint density at radius 2 is 1.53 bits per heavy atom. The van der Waals surface area contributed by atoms with Crippen molar-refractivity contribution in [2.75, 3.05) is 26.2 Å². The van der Waals surface area contributed by atoms with E-state index in [1.165, 1.54) is 44.6 Å². The SMILES string of the molecule is O=C(c1cc2nc(-c3ccc(Cl)cc3)cc(C(F)(F)F)n2n1)N1CCN(C23CC4CC(CC(C4)C2)C3)CC1. The van der Waals surface area contributed by atoms with Gasteiger partial charge in [-0.05, 0) is 74.5 Å². The predicted octanol–water partition coefficient (Wildman–Crippen LogP) is 5.80. The Bertz CT molecular complexity index is 1360. The van der Waals surface area contributed by atoms with Crippen LogP contribution in [0.1, 0.15) is 54.7 Å². The molecule has 38 heavy (non-hydrogen) atoms. The van der Waals surface area contributed by atoms with Gasteiger partial charge in [-0.15, -0.1) is 0 Å². The second-order valence-corrected chi connectivity index (χ2v) is 12.2. The number of fused-ring (bicyclic) bond motifs is 1. The standard InChI is InChI=1S/C28H29ClF3N5O/c29-21-3-1-20(2-4-21)22-12-24(28(30,31)32)37-25(33-22)13-23(34-37)26(38)35-5-7-36(8-6-35)27-14-17-9-18(15-27)11-19(10-17)16-27/h1-4,12-13,17-19H,5-11,14-16H2. The molecule has 200 valence electrons. The zero-order chi connectivity index (χ0) is 26.2. The molecule has 1 amide bonds. The van der Waals surface area contributed by atoms with Gasteiger partial charge in [0, 0.05) is 48.4 Å². The highest BCUT2D eigenvalue weighted by Crippen LogP contribution is 2.57. The fraction of sp³-hybridized carbons (Fsp3) is 0.536. The van der Waals surface area contributed by atoms with Gasteiger partial charge in [-0.2, -0.15) is 18.3 Å². The van der Waals surface area contributed by atoms with Gasteiger partial charge in [0.25, 0.3) is 5.91 Å². The van der Waals surface area contributed by atoms with Crippen molar-refractivity contribution in [2.45, 2.75) is 50.2 Å². The van der Waals surface area contributed by atoms with Gasteiger partial charge >= 0.3 is 6.18 Å². The number of carbonyl (C=O) groups is 1.